The second kappa shape index (κ2) is 22.5. The van der Waals surface area contributed by atoms with E-state index in [0.717, 1.165) is 76.4 Å². The predicted molar refractivity (Wildman–Crippen MR) is 252 cm³/mol. The molecule has 8 rings (SSSR count). The van der Waals surface area contributed by atoms with Gasteiger partial charge in [-0.3, -0.25) is 14.8 Å². The highest BCUT2D eigenvalue weighted by Crippen LogP contribution is 2.40. The van der Waals surface area contributed by atoms with Gasteiger partial charge in [-0.15, -0.1) is 0 Å². The molecule has 4 aromatic carbocycles. The van der Waals surface area contributed by atoms with Gasteiger partial charge in [-0.2, -0.15) is 0 Å². The number of methoxy groups -OCH3 is 2. The van der Waals surface area contributed by atoms with Crippen molar-refractivity contribution in [1.29, 1.82) is 0 Å². The molecule has 0 bridgehead atoms. The summed E-state index contributed by atoms with van der Waals surface area (Å²) in [5.41, 5.74) is 7.49. The van der Waals surface area contributed by atoms with Crippen LogP contribution in [0.2, 0.25) is 0 Å². The number of ether oxygens (including phenoxy) is 4. The summed E-state index contributed by atoms with van der Waals surface area (Å²) in [5, 5.41) is 19.0. The minimum absolute atomic E-state index is 0.0206. The van der Waals surface area contributed by atoms with Gasteiger partial charge in [0.15, 0.2) is 23.0 Å². The third kappa shape index (κ3) is 12.3. The van der Waals surface area contributed by atoms with Gasteiger partial charge >= 0.3 is 11.9 Å². The number of hydrogen-bond acceptors (Lipinski definition) is 10. The van der Waals surface area contributed by atoms with Crippen LogP contribution in [0, 0.1) is 0 Å². The van der Waals surface area contributed by atoms with Crippen LogP contribution >= 0.6 is 0 Å². The molecule has 0 radical (unpaired) electrons. The maximum Gasteiger partial charge on any atom is 0.336 e. The largest absolute Gasteiger partial charge is 0.493 e. The van der Waals surface area contributed by atoms with Gasteiger partial charge < -0.3 is 39.0 Å². The van der Waals surface area contributed by atoms with Crippen LogP contribution in [0.3, 0.4) is 0 Å². The molecule has 2 aliphatic rings. The highest BCUT2D eigenvalue weighted by atomic mass is 16.5. The molecule has 12 heteroatoms. The molecule has 12 nitrogen and oxygen atoms in total. The second-order valence-electron chi connectivity index (χ2n) is 16.4. The third-order valence-electron chi connectivity index (χ3n) is 11.8. The molecule has 0 spiro atoms. The number of pyridine rings is 2. The maximum atomic E-state index is 11.9. The molecule has 0 atom stereocenters. The van der Waals surface area contributed by atoms with Gasteiger partial charge in [0.25, 0.3) is 0 Å². The topological polar surface area (TPSA) is 144 Å². The van der Waals surface area contributed by atoms with E-state index < -0.39 is 11.9 Å². The molecule has 6 aromatic rings. The van der Waals surface area contributed by atoms with Gasteiger partial charge in [0.05, 0.1) is 38.4 Å². The quantitative estimate of drug-likeness (QED) is 0.0848. The zero-order valence-corrected chi connectivity index (χ0v) is 37.4. The average Bonchev–Trinajstić information content (AvgIpc) is 4.06. The van der Waals surface area contributed by atoms with E-state index in [1.54, 1.807) is 32.7 Å². The maximum absolute atomic E-state index is 11.9. The number of aliphatic carboxylic acids is 1. The Morgan fingerprint density at radius 1 is 0.585 bits per heavy atom. The van der Waals surface area contributed by atoms with Crippen molar-refractivity contribution in [2.75, 3.05) is 24.0 Å². The van der Waals surface area contributed by atoms with Gasteiger partial charge in [0, 0.05) is 72.8 Å². The molecule has 0 amide bonds. The normalized spacial score (nSPS) is 13.6. The Morgan fingerprint density at radius 2 is 1.06 bits per heavy atom. The van der Waals surface area contributed by atoms with Crippen LogP contribution in [0.4, 0.5) is 22.7 Å². The van der Waals surface area contributed by atoms with Crippen LogP contribution in [0.1, 0.15) is 90.9 Å². The smallest absolute Gasteiger partial charge is 0.336 e. The molecule has 2 heterocycles. The summed E-state index contributed by atoms with van der Waals surface area (Å²) in [6.07, 6.45) is 17.2. The lowest BCUT2D eigenvalue weighted by Gasteiger charge is -2.27. The van der Waals surface area contributed by atoms with Crippen molar-refractivity contribution < 1.29 is 38.7 Å². The van der Waals surface area contributed by atoms with E-state index in [1.165, 1.54) is 25.7 Å². The molecule has 0 aliphatic heterocycles. The molecule has 2 saturated carbocycles. The number of carboxylic acids is 2. The summed E-state index contributed by atoms with van der Waals surface area (Å²) in [4.78, 5) is 35.9. The number of rotatable bonds is 18. The Balaban J connectivity index is 0.000000194. The summed E-state index contributed by atoms with van der Waals surface area (Å²) in [6.45, 7) is 3.08. The third-order valence-corrected chi connectivity index (χ3v) is 11.8. The van der Waals surface area contributed by atoms with Gasteiger partial charge in [-0.25, -0.2) is 4.79 Å². The molecular weight excluding hydrogens is 821 g/mol. The lowest BCUT2D eigenvalue weighted by atomic mass is 10.0. The number of anilines is 4. The summed E-state index contributed by atoms with van der Waals surface area (Å²) in [6, 6.07) is 32.9. The fraction of sp³-hybridized carbons (Fsp3) is 0.321. The molecule has 2 fully saturated rings. The highest BCUT2D eigenvalue weighted by molar-refractivity contribution is 5.91. The summed E-state index contributed by atoms with van der Waals surface area (Å²) < 4.78 is 23.7. The first-order valence-corrected chi connectivity index (χ1v) is 22.4. The second-order valence-corrected chi connectivity index (χ2v) is 16.4. The van der Waals surface area contributed by atoms with Crippen LogP contribution in [0.15, 0.2) is 128 Å². The van der Waals surface area contributed by atoms with Crippen molar-refractivity contribution in [2.45, 2.75) is 96.4 Å². The average molecular weight is 879 g/mol. The van der Waals surface area contributed by atoms with Gasteiger partial charge in [0.1, 0.15) is 0 Å². The molecule has 0 unspecified atom stereocenters. The van der Waals surface area contributed by atoms with Gasteiger partial charge in [-0.05, 0) is 141 Å². The highest BCUT2D eigenvalue weighted by Gasteiger charge is 2.23. The van der Waals surface area contributed by atoms with Crippen molar-refractivity contribution >= 4 is 34.7 Å². The predicted octanol–water partition coefficient (Wildman–Crippen LogP) is 11.4. The van der Waals surface area contributed by atoms with E-state index in [9.17, 15) is 19.8 Å². The molecule has 2 N–H and O–H groups in total. The molecular formula is C53H58N4O8. The number of aromatic carboxylic acids is 1. The van der Waals surface area contributed by atoms with Crippen molar-refractivity contribution in [3.63, 3.8) is 0 Å². The fourth-order valence-corrected chi connectivity index (χ4v) is 8.48. The Labute approximate surface area is 381 Å². The van der Waals surface area contributed by atoms with Crippen molar-refractivity contribution in [3.05, 3.63) is 156 Å². The zero-order valence-electron chi connectivity index (χ0n) is 37.4. The molecule has 0 saturated heterocycles. The van der Waals surface area contributed by atoms with E-state index in [0.29, 0.717) is 42.3 Å². The summed E-state index contributed by atoms with van der Waals surface area (Å²) in [7, 11) is 3.30. The lowest BCUT2D eigenvalue weighted by molar-refractivity contribution is -0.136. The van der Waals surface area contributed by atoms with Crippen LogP contribution in [-0.2, 0) is 30.7 Å². The van der Waals surface area contributed by atoms with Gasteiger partial charge in [0.2, 0.25) is 0 Å². The minimum atomic E-state index is -0.921. The van der Waals surface area contributed by atoms with Crippen LogP contribution in [0.5, 0.6) is 23.0 Å². The number of nitrogens with zero attached hydrogens (tertiary/aromatic N) is 4. The summed E-state index contributed by atoms with van der Waals surface area (Å²) >= 11 is 0. The Morgan fingerprint density at radius 3 is 1.51 bits per heavy atom. The minimum Gasteiger partial charge on any atom is -0.493 e. The van der Waals surface area contributed by atoms with E-state index in [2.05, 4.69) is 19.8 Å². The lowest BCUT2D eigenvalue weighted by Crippen LogP contribution is -2.18. The van der Waals surface area contributed by atoms with Gasteiger partial charge in [-0.1, -0.05) is 37.3 Å². The standard InChI is InChI=1S/C27H30N2O4.C26H28N2O4/c1-3-20-10-11-21(15-24(20)27(30)31)29(18-19-7-6-14-28-17-19)22-12-13-25(32-2)26(16-22)33-23-8-4-5-9-23;1-31-24-12-11-22(16-25(24)32-23-9-2-3-10-23)28(18-20-7-5-13-27-17-20)21-8-4-6-19(14-21)15-26(29)30/h6-7,10-17,23H,3-5,8-9,18H2,1-2H3,(H,30,31);4-8,11-14,16-17,23H,2-3,9-10,15,18H2,1H3,(H,29,30). The van der Waals surface area contributed by atoms with Crippen LogP contribution < -0.4 is 28.7 Å². The van der Waals surface area contributed by atoms with Crippen molar-refractivity contribution in [3.8, 4) is 23.0 Å². The number of aromatic nitrogens is 2. The van der Waals surface area contributed by atoms with Crippen LogP contribution in [0.25, 0.3) is 0 Å². The SMILES string of the molecule is CCc1ccc(N(Cc2cccnc2)c2ccc(OC)c(OC3CCCC3)c2)cc1C(=O)O.COc1ccc(N(Cc2cccnc2)c2cccc(CC(=O)O)c2)cc1OC1CCCC1. The van der Waals surface area contributed by atoms with E-state index in [1.807, 2.05) is 116 Å². The monoisotopic (exact) mass is 878 g/mol. The molecule has 338 valence electrons. The number of carboxylic acid groups (broad SMARTS) is 2. The van der Waals surface area contributed by atoms with Crippen molar-refractivity contribution in [2.24, 2.45) is 0 Å². The van der Waals surface area contributed by atoms with E-state index in [4.69, 9.17) is 18.9 Å². The first-order chi connectivity index (χ1) is 31.7. The number of hydrogen-bond donors (Lipinski definition) is 2. The zero-order chi connectivity index (χ0) is 45.5. The van der Waals surface area contributed by atoms with Crippen LogP contribution in [-0.4, -0.2) is 58.5 Å². The first kappa shape index (κ1) is 45.9. The molecule has 2 aromatic heterocycles. The van der Waals surface area contributed by atoms with Crippen molar-refractivity contribution in [1.82, 2.24) is 9.97 Å². The Hall–Kier alpha value is -7.08. The number of carbonyl (C=O) groups is 2. The van der Waals surface area contributed by atoms with E-state index in [-0.39, 0.29) is 18.6 Å². The molecule has 2 aliphatic carbocycles. The first-order valence-electron chi connectivity index (χ1n) is 22.4. The van der Waals surface area contributed by atoms with E-state index >= 15 is 0 Å². The summed E-state index contributed by atoms with van der Waals surface area (Å²) in [5.74, 6) is 1.07. The number of aryl methyl sites for hydroxylation is 1. The Kier molecular flexibility index (Phi) is 15.9. The Bertz CT molecular complexity index is 2490. The number of benzene rings is 4. The molecule has 65 heavy (non-hydrogen) atoms. The fourth-order valence-electron chi connectivity index (χ4n) is 8.48.